The Bertz CT molecular complexity index is 410. The molecule has 0 aromatic heterocycles. The number of methoxy groups -OCH3 is 1. The average molecular weight is 247 g/mol. The van der Waals surface area contributed by atoms with Crippen LogP contribution < -0.4 is 10.1 Å². The maximum Gasteiger partial charge on any atom is 0.124 e. The number of hydrogen-bond donors (Lipinski definition) is 1. The standard InChI is InChI=1S/C16H25NO/c1-5-8-17-16(13-6-7-13)15-12(3)9-11(2)10-14(15)18-4/h9-10,13,16-17H,5-8H2,1-4H3. The van der Waals surface area contributed by atoms with Crippen molar-refractivity contribution in [2.45, 2.75) is 46.1 Å². The van der Waals surface area contributed by atoms with Gasteiger partial charge in [-0.05, 0) is 62.8 Å². The van der Waals surface area contributed by atoms with Crippen molar-refractivity contribution in [3.8, 4) is 5.75 Å². The molecule has 1 saturated carbocycles. The minimum Gasteiger partial charge on any atom is -0.496 e. The molecule has 0 amide bonds. The Morgan fingerprint density at radius 1 is 1.33 bits per heavy atom. The lowest BCUT2D eigenvalue weighted by molar-refractivity contribution is 0.389. The van der Waals surface area contributed by atoms with Crippen molar-refractivity contribution in [3.63, 3.8) is 0 Å². The summed E-state index contributed by atoms with van der Waals surface area (Å²) < 4.78 is 5.61. The lowest BCUT2D eigenvalue weighted by atomic mass is 9.94. The summed E-state index contributed by atoms with van der Waals surface area (Å²) in [4.78, 5) is 0. The Hall–Kier alpha value is -1.02. The second-order valence-corrected chi connectivity index (χ2v) is 5.47. The van der Waals surface area contributed by atoms with Crippen molar-refractivity contribution in [3.05, 3.63) is 28.8 Å². The van der Waals surface area contributed by atoms with Crippen LogP contribution in [-0.2, 0) is 0 Å². The predicted molar refractivity (Wildman–Crippen MR) is 76.2 cm³/mol. The van der Waals surface area contributed by atoms with Crippen molar-refractivity contribution in [2.24, 2.45) is 5.92 Å². The molecule has 2 rings (SSSR count). The highest BCUT2D eigenvalue weighted by Gasteiger charge is 2.34. The maximum absolute atomic E-state index is 5.61. The van der Waals surface area contributed by atoms with Gasteiger partial charge in [-0.3, -0.25) is 0 Å². The van der Waals surface area contributed by atoms with E-state index in [9.17, 15) is 0 Å². The lowest BCUT2D eigenvalue weighted by Crippen LogP contribution is -2.25. The summed E-state index contributed by atoms with van der Waals surface area (Å²) in [6, 6.07) is 4.90. The molecule has 0 aliphatic heterocycles. The van der Waals surface area contributed by atoms with Crippen LogP contribution in [0.5, 0.6) is 5.75 Å². The highest BCUT2D eigenvalue weighted by molar-refractivity contribution is 5.45. The Balaban J connectivity index is 2.33. The minimum atomic E-state index is 0.473. The predicted octanol–water partition coefficient (Wildman–Crippen LogP) is 3.76. The largest absolute Gasteiger partial charge is 0.496 e. The van der Waals surface area contributed by atoms with Crippen molar-refractivity contribution in [1.82, 2.24) is 5.32 Å². The quantitative estimate of drug-likeness (QED) is 0.826. The van der Waals surface area contributed by atoms with Gasteiger partial charge in [-0.1, -0.05) is 13.0 Å². The Morgan fingerprint density at radius 2 is 2.06 bits per heavy atom. The van der Waals surface area contributed by atoms with Gasteiger partial charge in [0.25, 0.3) is 0 Å². The number of hydrogen-bond acceptors (Lipinski definition) is 2. The summed E-state index contributed by atoms with van der Waals surface area (Å²) >= 11 is 0. The highest BCUT2D eigenvalue weighted by Crippen LogP contribution is 2.45. The van der Waals surface area contributed by atoms with E-state index in [4.69, 9.17) is 4.74 Å². The average Bonchev–Trinajstić information content (AvgIpc) is 3.15. The molecule has 100 valence electrons. The number of rotatable bonds is 6. The molecule has 1 N–H and O–H groups in total. The Morgan fingerprint density at radius 3 is 2.61 bits per heavy atom. The Kier molecular flexibility index (Phi) is 4.28. The zero-order valence-corrected chi connectivity index (χ0v) is 12.0. The van der Waals surface area contributed by atoms with Gasteiger partial charge in [-0.25, -0.2) is 0 Å². The number of ether oxygens (including phenoxy) is 1. The van der Waals surface area contributed by atoms with Crippen molar-refractivity contribution in [1.29, 1.82) is 0 Å². The second-order valence-electron chi connectivity index (χ2n) is 5.47. The first kappa shape index (κ1) is 13.4. The van der Waals surface area contributed by atoms with Gasteiger partial charge in [0.05, 0.1) is 7.11 Å². The smallest absolute Gasteiger partial charge is 0.124 e. The van der Waals surface area contributed by atoms with E-state index >= 15 is 0 Å². The summed E-state index contributed by atoms with van der Waals surface area (Å²) in [5.74, 6) is 1.85. The fourth-order valence-electron chi connectivity index (χ4n) is 2.74. The van der Waals surface area contributed by atoms with Crippen LogP contribution in [0.3, 0.4) is 0 Å². The van der Waals surface area contributed by atoms with E-state index in [2.05, 4.69) is 38.2 Å². The van der Waals surface area contributed by atoms with E-state index in [-0.39, 0.29) is 0 Å². The fraction of sp³-hybridized carbons (Fsp3) is 0.625. The first-order valence-electron chi connectivity index (χ1n) is 7.05. The van der Waals surface area contributed by atoms with Gasteiger partial charge in [0.15, 0.2) is 0 Å². The number of aryl methyl sites for hydroxylation is 2. The van der Waals surface area contributed by atoms with Gasteiger partial charge in [-0.2, -0.15) is 0 Å². The molecule has 0 radical (unpaired) electrons. The molecule has 2 heteroatoms. The lowest BCUT2D eigenvalue weighted by Gasteiger charge is -2.23. The molecule has 0 spiro atoms. The molecular formula is C16H25NO. The van der Waals surface area contributed by atoms with Crippen molar-refractivity contribution >= 4 is 0 Å². The van der Waals surface area contributed by atoms with Crippen LogP contribution in [0.25, 0.3) is 0 Å². The SMILES string of the molecule is CCCNC(c1c(C)cc(C)cc1OC)C1CC1. The van der Waals surface area contributed by atoms with Gasteiger partial charge in [0.2, 0.25) is 0 Å². The van der Waals surface area contributed by atoms with E-state index in [1.165, 1.54) is 36.0 Å². The van der Waals surface area contributed by atoms with Crippen LogP contribution >= 0.6 is 0 Å². The second kappa shape index (κ2) is 5.75. The molecule has 2 nitrogen and oxygen atoms in total. The van der Waals surface area contributed by atoms with Gasteiger partial charge in [0.1, 0.15) is 5.75 Å². The zero-order chi connectivity index (χ0) is 13.1. The fourth-order valence-corrected chi connectivity index (χ4v) is 2.74. The zero-order valence-electron chi connectivity index (χ0n) is 12.0. The molecule has 0 saturated heterocycles. The number of nitrogens with one attached hydrogen (secondary N) is 1. The normalized spacial score (nSPS) is 16.7. The molecule has 1 fully saturated rings. The summed E-state index contributed by atoms with van der Waals surface area (Å²) in [6.07, 6.45) is 3.87. The van der Waals surface area contributed by atoms with Crippen LogP contribution in [0.4, 0.5) is 0 Å². The third-order valence-electron chi connectivity index (χ3n) is 3.73. The van der Waals surface area contributed by atoms with Crippen LogP contribution in [0.2, 0.25) is 0 Å². The van der Waals surface area contributed by atoms with Gasteiger partial charge < -0.3 is 10.1 Å². The molecule has 18 heavy (non-hydrogen) atoms. The topological polar surface area (TPSA) is 21.3 Å². The minimum absolute atomic E-state index is 0.473. The molecule has 0 bridgehead atoms. The van der Waals surface area contributed by atoms with E-state index in [1.807, 2.05) is 0 Å². The monoisotopic (exact) mass is 247 g/mol. The van der Waals surface area contributed by atoms with Gasteiger partial charge in [0, 0.05) is 11.6 Å². The number of benzene rings is 1. The highest BCUT2D eigenvalue weighted by atomic mass is 16.5. The molecule has 1 aliphatic rings. The summed E-state index contributed by atoms with van der Waals surface area (Å²) in [7, 11) is 1.78. The summed E-state index contributed by atoms with van der Waals surface area (Å²) in [6.45, 7) is 7.63. The molecule has 1 aromatic rings. The first-order valence-corrected chi connectivity index (χ1v) is 7.05. The third-order valence-corrected chi connectivity index (χ3v) is 3.73. The first-order chi connectivity index (χ1) is 8.67. The van der Waals surface area contributed by atoms with E-state index in [1.54, 1.807) is 7.11 Å². The van der Waals surface area contributed by atoms with Gasteiger partial charge in [-0.15, -0.1) is 0 Å². The van der Waals surface area contributed by atoms with Crippen LogP contribution in [0.15, 0.2) is 12.1 Å². The Labute approximate surface area is 111 Å². The third kappa shape index (κ3) is 2.86. The maximum atomic E-state index is 5.61. The van der Waals surface area contributed by atoms with Crippen LogP contribution in [0.1, 0.15) is 48.9 Å². The molecule has 1 atom stereocenters. The van der Waals surface area contributed by atoms with Crippen LogP contribution in [-0.4, -0.2) is 13.7 Å². The van der Waals surface area contributed by atoms with Crippen molar-refractivity contribution in [2.75, 3.05) is 13.7 Å². The van der Waals surface area contributed by atoms with E-state index in [0.29, 0.717) is 6.04 Å². The molecular weight excluding hydrogens is 222 g/mol. The van der Waals surface area contributed by atoms with Crippen molar-refractivity contribution < 1.29 is 4.74 Å². The van der Waals surface area contributed by atoms with Gasteiger partial charge >= 0.3 is 0 Å². The summed E-state index contributed by atoms with van der Waals surface area (Å²) in [5.41, 5.74) is 4.00. The van der Waals surface area contributed by atoms with Crippen LogP contribution in [0, 0.1) is 19.8 Å². The molecule has 0 heterocycles. The summed E-state index contributed by atoms with van der Waals surface area (Å²) in [5, 5.41) is 3.70. The molecule has 1 aromatic carbocycles. The van der Waals surface area contributed by atoms with E-state index in [0.717, 1.165) is 18.2 Å². The molecule has 1 unspecified atom stereocenters. The van der Waals surface area contributed by atoms with E-state index < -0.39 is 0 Å². The molecule has 1 aliphatic carbocycles.